The molecule has 0 aromatic carbocycles. The Hall–Kier alpha value is -1.72. The molecule has 6 aliphatic rings. The van der Waals surface area contributed by atoms with E-state index in [0.29, 0.717) is 25.4 Å². The van der Waals surface area contributed by atoms with Gasteiger partial charge in [-0.05, 0) is 103 Å². The van der Waals surface area contributed by atoms with Gasteiger partial charge in [-0.2, -0.15) is 0 Å². The number of aliphatic hydroxyl groups excluding tert-OH is 1. The number of nitrogens with one attached hydrogen (secondary N) is 2. The second-order valence-corrected chi connectivity index (χ2v) is 19.3. The average molecular weight is 861 g/mol. The van der Waals surface area contributed by atoms with Gasteiger partial charge in [0, 0.05) is 31.5 Å². The highest BCUT2D eigenvalue weighted by molar-refractivity contribution is 5.82. The van der Waals surface area contributed by atoms with E-state index in [-0.39, 0.29) is 73.7 Å². The van der Waals surface area contributed by atoms with Crippen molar-refractivity contribution in [3.8, 4) is 0 Å². The number of rotatable bonds is 24. The molecule has 12 atom stereocenters. The second kappa shape index (κ2) is 22.9. The molecule has 61 heavy (non-hydrogen) atoms. The molecule has 1 amide bonds. The zero-order valence-corrected chi connectivity index (χ0v) is 38.0. The third-order valence-electron chi connectivity index (χ3n) is 14.7. The number of morpholine rings is 1. The van der Waals surface area contributed by atoms with Crippen LogP contribution in [0.1, 0.15) is 181 Å². The topological polar surface area (TPSA) is 194 Å². The number of esters is 1. The lowest BCUT2D eigenvalue weighted by molar-refractivity contribution is -0.325. The molecular formula is C47H84N6O8. The highest BCUT2D eigenvalue weighted by Crippen LogP contribution is 2.50. The van der Waals surface area contributed by atoms with E-state index in [1.54, 1.807) is 0 Å². The number of nitrogens with zero attached hydrogens (tertiary/aromatic N) is 2. The molecule has 6 rings (SSSR count). The predicted molar refractivity (Wildman–Crippen MR) is 235 cm³/mol. The Morgan fingerprint density at radius 1 is 0.918 bits per heavy atom. The molecule has 6 aliphatic heterocycles. The summed E-state index contributed by atoms with van der Waals surface area (Å²) < 4.78 is 25.8. The van der Waals surface area contributed by atoms with E-state index in [9.17, 15) is 19.8 Å². The molecule has 0 aliphatic carbocycles. The Morgan fingerprint density at radius 2 is 1.64 bits per heavy atom. The average Bonchev–Trinajstić information content (AvgIpc) is 3.83. The third kappa shape index (κ3) is 12.0. The Labute approximate surface area is 366 Å². The fourth-order valence-electron chi connectivity index (χ4n) is 11.5. The zero-order chi connectivity index (χ0) is 43.5. The molecular weight excluding hydrogens is 777 g/mol. The van der Waals surface area contributed by atoms with Gasteiger partial charge in [0.2, 0.25) is 5.79 Å². The van der Waals surface area contributed by atoms with Gasteiger partial charge in [-0.3, -0.25) is 25.1 Å². The molecule has 0 saturated carbocycles. The van der Waals surface area contributed by atoms with Gasteiger partial charge >= 0.3 is 5.97 Å². The molecule has 6 saturated heterocycles. The second-order valence-electron chi connectivity index (χ2n) is 19.3. The maximum absolute atomic E-state index is 14.4. The molecule has 0 bridgehead atoms. The van der Waals surface area contributed by atoms with Crippen LogP contribution in [0, 0.1) is 5.92 Å². The van der Waals surface area contributed by atoms with Crippen LogP contribution < -0.4 is 22.1 Å². The first-order valence-corrected chi connectivity index (χ1v) is 24.9. The van der Waals surface area contributed by atoms with Crippen LogP contribution in [-0.4, -0.2) is 118 Å². The van der Waals surface area contributed by atoms with Crippen molar-refractivity contribution in [1.82, 2.24) is 20.4 Å². The van der Waals surface area contributed by atoms with Crippen molar-refractivity contribution in [2.45, 2.75) is 248 Å². The van der Waals surface area contributed by atoms with E-state index >= 15 is 0 Å². The lowest BCUT2D eigenvalue weighted by Gasteiger charge is -2.60. The summed E-state index contributed by atoms with van der Waals surface area (Å²) in [7, 11) is 0. The van der Waals surface area contributed by atoms with Crippen molar-refractivity contribution < 1.29 is 38.7 Å². The number of carbonyl (C=O) groups excluding carboxylic acids is 2. The summed E-state index contributed by atoms with van der Waals surface area (Å²) in [6, 6.07) is 0.435. The van der Waals surface area contributed by atoms with Gasteiger partial charge in [0.15, 0.2) is 6.23 Å². The zero-order valence-electron chi connectivity index (χ0n) is 38.0. The van der Waals surface area contributed by atoms with Crippen LogP contribution in [0.15, 0.2) is 12.2 Å². The molecule has 2 spiro atoms. The summed E-state index contributed by atoms with van der Waals surface area (Å²) in [5.41, 5.74) is 10.2. The minimum atomic E-state index is -1.85. The van der Waals surface area contributed by atoms with Crippen molar-refractivity contribution in [2.75, 3.05) is 19.6 Å². The number of hydrogen-bond acceptors (Lipinski definition) is 13. The summed E-state index contributed by atoms with van der Waals surface area (Å²) >= 11 is 0. The van der Waals surface area contributed by atoms with E-state index in [0.717, 1.165) is 109 Å². The number of amides is 1. The number of carbonyl (C=O) groups is 2. The Balaban J connectivity index is 0.874. The Morgan fingerprint density at radius 3 is 2.31 bits per heavy atom. The number of hydrogen-bond donors (Lipinski definition) is 6. The summed E-state index contributed by atoms with van der Waals surface area (Å²) in [4.78, 5) is 31.3. The van der Waals surface area contributed by atoms with Gasteiger partial charge in [-0.25, -0.2) is 0 Å². The van der Waals surface area contributed by atoms with Crippen LogP contribution in [0.5, 0.6) is 0 Å². The lowest BCUT2D eigenvalue weighted by Crippen LogP contribution is -2.81. The van der Waals surface area contributed by atoms with Gasteiger partial charge in [-0.1, -0.05) is 90.2 Å². The van der Waals surface area contributed by atoms with E-state index in [2.05, 4.69) is 48.5 Å². The molecule has 6 heterocycles. The first kappa shape index (κ1) is 48.7. The van der Waals surface area contributed by atoms with Crippen LogP contribution in [-0.2, 0) is 28.5 Å². The van der Waals surface area contributed by atoms with E-state index < -0.39 is 23.8 Å². The van der Waals surface area contributed by atoms with Crippen molar-refractivity contribution in [3.63, 3.8) is 0 Å². The summed E-state index contributed by atoms with van der Waals surface area (Å²) in [6.07, 6.45) is 26.3. The Bertz CT molecular complexity index is 1410. The van der Waals surface area contributed by atoms with Crippen molar-refractivity contribution in [1.29, 1.82) is 0 Å². The largest absolute Gasteiger partial charge is 0.462 e. The maximum Gasteiger partial charge on any atom is 0.315 e. The highest BCUT2D eigenvalue weighted by Gasteiger charge is 2.64. The van der Waals surface area contributed by atoms with Crippen LogP contribution in [0.2, 0.25) is 0 Å². The van der Waals surface area contributed by atoms with Gasteiger partial charge in [0.25, 0.3) is 5.91 Å². The van der Waals surface area contributed by atoms with Crippen molar-refractivity contribution in [2.24, 2.45) is 17.4 Å². The Kier molecular flexibility index (Phi) is 18.3. The van der Waals surface area contributed by atoms with Gasteiger partial charge < -0.3 is 45.5 Å². The van der Waals surface area contributed by atoms with Crippen molar-refractivity contribution in [3.05, 3.63) is 12.2 Å². The number of aliphatic hydroxyl groups is 2. The third-order valence-corrected chi connectivity index (χ3v) is 14.7. The quantitative estimate of drug-likeness (QED) is 0.0390. The minimum absolute atomic E-state index is 0.0506. The first-order valence-electron chi connectivity index (χ1n) is 24.9. The number of nitrogens with two attached hydrogens (primary N) is 2. The van der Waals surface area contributed by atoms with Gasteiger partial charge in [-0.15, -0.1) is 0 Å². The molecule has 0 aromatic heterocycles. The molecule has 14 nitrogen and oxygen atoms in total. The molecule has 8 N–H and O–H groups in total. The van der Waals surface area contributed by atoms with E-state index in [4.69, 9.17) is 30.4 Å². The number of allylic oxidation sites excluding steroid dienone is 1. The van der Waals surface area contributed by atoms with E-state index in [1.807, 2.05) is 0 Å². The van der Waals surface area contributed by atoms with Crippen molar-refractivity contribution >= 4 is 11.9 Å². The van der Waals surface area contributed by atoms with Crippen LogP contribution in [0.25, 0.3) is 0 Å². The smallest absolute Gasteiger partial charge is 0.315 e. The van der Waals surface area contributed by atoms with Gasteiger partial charge in [0.05, 0.1) is 12.2 Å². The molecule has 14 heteroatoms. The standard InChI is InChI=1S/C47H84N6O8/c1-4-6-21-37-26-28-45(60-37)33-35-24-25-38-40(46(27-18-20-34(3)59-46)51-44(50-45)53(35)38)42(55)58-36(5-2)22-16-14-12-10-8-7-9-11-13-15-17-23-39-41(54)52(32-19-30-48)43(56)47(57,61-39)29-31-49/h6,21,34-40,43-44,50-51,56-57H,4-5,7-20,22-33,48-49H2,1-3H3/b21-6+/t34-,35+,36-,37+,38-,39+,40-,43+,44?,45+,46-,47-/m1/s1. The minimum Gasteiger partial charge on any atom is -0.462 e. The first-order chi connectivity index (χ1) is 29.5. The molecule has 6 fully saturated rings. The molecule has 350 valence electrons. The fourth-order valence-corrected chi connectivity index (χ4v) is 11.5. The summed E-state index contributed by atoms with van der Waals surface area (Å²) in [6.45, 7) is 7.26. The number of unbranched alkanes of at least 4 members (excludes halogenated alkanes) is 10. The predicted octanol–water partition coefficient (Wildman–Crippen LogP) is 5.77. The highest BCUT2D eigenvalue weighted by atomic mass is 16.7. The number of ether oxygens (including phenoxy) is 4. The monoisotopic (exact) mass is 861 g/mol. The lowest BCUT2D eigenvalue weighted by atomic mass is 9.79. The van der Waals surface area contributed by atoms with Gasteiger partial charge in [0.1, 0.15) is 35.9 Å². The molecule has 0 radical (unpaired) electrons. The fraction of sp³-hybridized carbons (Fsp3) is 0.915. The van der Waals surface area contributed by atoms with Crippen LogP contribution >= 0.6 is 0 Å². The summed E-state index contributed by atoms with van der Waals surface area (Å²) in [5, 5.41) is 29.4. The van der Waals surface area contributed by atoms with Crippen LogP contribution in [0.3, 0.4) is 0 Å². The maximum atomic E-state index is 14.4. The molecule has 0 aromatic rings. The molecule has 1 unspecified atom stereocenters. The SMILES string of the molecule is CC/C=C/[C@H]1CC[C@@]2(C[C@@H]3CC[C@@H]4[C@H](C(=O)O[C@H](CC)CCCCCCCCCCCCC[C@@H]5O[C@](O)(CCN)[C@H](O)N(CCCN)C5=O)[C@]5(CCC[C@@H](C)O5)NC(N2)N34)O1. The normalized spacial score (nSPS) is 37.0. The van der Waals surface area contributed by atoms with E-state index in [1.165, 1.54) is 37.0 Å². The summed E-state index contributed by atoms with van der Waals surface area (Å²) in [5.74, 6) is -2.59. The van der Waals surface area contributed by atoms with Crippen LogP contribution in [0.4, 0.5) is 0 Å².